The number of Topliss-reactive ketones (excluding diaryl/α,β-unsaturated/α-hetero) is 2. The molecule has 0 aromatic carbocycles. The summed E-state index contributed by atoms with van der Waals surface area (Å²) in [7, 11) is 0. The molecule has 0 spiro atoms. The molecule has 0 saturated heterocycles. The van der Waals surface area contributed by atoms with Crippen LogP contribution in [0.2, 0.25) is 0 Å². The van der Waals surface area contributed by atoms with Gasteiger partial charge in [0.2, 0.25) is 0 Å². The third-order valence-electron chi connectivity index (χ3n) is 9.25. The number of aromatic amines is 2. The van der Waals surface area contributed by atoms with Crippen LogP contribution in [0, 0.1) is 33.2 Å². The number of hydrogen-bond acceptors (Lipinski definition) is 8. The van der Waals surface area contributed by atoms with Crippen LogP contribution in [0.4, 0.5) is 0 Å². The first-order valence-electron chi connectivity index (χ1n) is 12.3. The van der Waals surface area contributed by atoms with E-state index in [1.54, 1.807) is 18.5 Å². The lowest BCUT2D eigenvalue weighted by atomic mass is 9.46. The van der Waals surface area contributed by atoms with Gasteiger partial charge in [0.1, 0.15) is 23.5 Å². The number of H-pyrrole nitrogens is 2. The van der Waals surface area contributed by atoms with Crippen LogP contribution in [0.1, 0.15) is 46.0 Å². The Morgan fingerprint density at radius 3 is 2.67 bits per heavy atom. The van der Waals surface area contributed by atoms with E-state index in [4.69, 9.17) is 12.2 Å². The van der Waals surface area contributed by atoms with Gasteiger partial charge in [-0.15, -0.1) is 0 Å². The van der Waals surface area contributed by atoms with Crippen molar-refractivity contribution in [3.63, 3.8) is 0 Å². The summed E-state index contributed by atoms with van der Waals surface area (Å²) in [6.07, 6.45) is 10.9. The largest absolute Gasteiger partial charge is 0.388 e. The van der Waals surface area contributed by atoms with Crippen molar-refractivity contribution in [2.75, 3.05) is 6.61 Å². The van der Waals surface area contributed by atoms with E-state index in [9.17, 15) is 24.6 Å². The summed E-state index contributed by atoms with van der Waals surface area (Å²) in [5.41, 5.74) is -0.323. The Labute approximate surface area is 213 Å². The number of ketones is 3. The Morgan fingerprint density at radius 2 is 1.94 bits per heavy atom. The van der Waals surface area contributed by atoms with Crippen LogP contribution in [0.15, 0.2) is 36.5 Å². The van der Waals surface area contributed by atoms with Gasteiger partial charge >= 0.3 is 0 Å². The van der Waals surface area contributed by atoms with E-state index in [1.807, 2.05) is 19.9 Å². The monoisotopic (exact) mass is 510 g/mol. The van der Waals surface area contributed by atoms with E-state index >= 15 is 0 Å². The zero-order chi connectivity index (χ0) is 25.9. The molecule has 4 aliphatic carbocycles. The van der Waals surface area contributed by atoms with Gasteiger partial charge in [-0.2, -0.15) is 0 Å². The van der Waals surface area contributed by atoms with Gasteiger partial charge in [0.05, 0.1) is 12.7 Å². The molecule has 0 radical (unpaired) electrons. The molecule has 9 nitrogen and oxygen atoms in total. The van der Waals surface area contributed by atoms with E-state index in [-0.39, 0.29) is 35.7 Å². The van der Waals surface area contributed by atoms with Crippen molar-refractivity contribution in [1.82, 2.24) is 19.9 Å². The van der Waals surface area contributed by atoms with Crippen molar-refractivity contribution in [1.29, 1.82) is 0 Å². The Hall–Kier alpha value is -2.82. The summed E-state index contributed by atoms with van der Waals surface area (Å²) in [6.45, 7) is 3.19. The summed E-state index contributed by atoms with van der Waals surface area (Å²) < 4.78 is 0.547. The number of nitrogens with zero attached hydrogens (tertiary/aromatic N) is 2. The van der Waals surface area contributed by atoms with Crippen molar-refractivity contribution in [3.05, 3.63) is 41.1 Å². The number of aliphatic hydroxyl groups is 2. The number of nitrogens with one attached hydrogen (secondary N) is 2. The predicted molar refractivity (Wildman–Crippen MR) is 133 cm³/mol. The highest BCUT2D eigenvalue weighted by molar-refractivity contribution is 7.71. The van der Waals surface area contributed by atoms with E-state index < -0.39 is 28.8 Å². The van der Waals surface area contributed by atoms with Gasteiger partial charge < -0.3 is 20.2 Å². The standard InChI is InChI=1S/C21H26O5.C5H4N4S/c1-19-7-5-13(23)9-12(19)3-4-14-15-6-8-21(26,17(25)11-22)20(15,2)10-16(24)18(14)19;10-5-3-4(7-1-6-3)8-2-9-5/h5,7,9,14-15,18,22,26H,3-4,6,8,10-11H2,1-2H3;1-2H,(H2,6,7,8,9,10)/t14-,15-,18+,19-,20-,21-;/m0./s1. The minimum atomic E-state index is -1.62. The first kappa shape index (κ1) is 24.9. The summed E-state index contributed by atoms with van der Waals surface area (Å²) in [4.78, 5) is 51.0. The van der Waals surface area contributed by atoms with Gasteiger partial charge in [-0.1, -0.05) is 37.7 Å². The number of fused-ring (bicyclic) bond motifs is 6. The molecule has 6 atom stereocenters. The fourth-order valence-electron chi connectivity index (χ4n) is 7.41. The molecule has 10 heteroatoms. The van der Waals surface area contributed by atoms with Crippen molar-refractivity contribution in [2.45, 2.75) is 51.6 Å². The maximum atomic E-state index is 13.3. The van der Waals surface area contributed by atoms with E-state index in [2.05, 4.69) is 19.9 Å². The molecule has 0 unspecified atom stereocenters. The first-order chi connectivity index (χ1) is 17.0. The normalized spacial score (nSPS) is 36.9. The molecule has 2 aromatic heterocycles. The number of rotatable bonds is 2. The van der Waals surface area contributed by atoms with Crippen molar-refractivity contribution >= 4 is 40.7 Å². The summed E-state index contributed by atoms with van der Waals surface area (Å²) in [5, 5.41) is 20.5. The molecule has 0 amide bonds. The van der Waals surface area contributed by atoms with Crippen LogP contribution < -0.4 is 0 Å². The van der Waals surface area contributed by atoms with E-state index in [0.29, 0.717) is 17.5 Å². The van der Waals surface area contributed by atoms with Crippen LogP contribution in [0.3, 0.4) is 0 Å². The smallest absolute Gasteiger partial charge is 0.190 e. The minimum absolute atomic E-state index is 0.0206. The van der Waals surface area contributed by atoms with Crippen LogP contribution in [-0.2, 0) is 14.4 Å². The maximum Gasteiger partial charge on any atom is 0.190 e. The SMILES string of the molecule is C[C@]12C=CC(=O)C=C1CC[C@@H]1[C@@H]2C(=O)C[C@@]2(C)[C@H]1CC[C@]2(O)C(=O)CO.S=c1nc[nH]c2nc[nH]c12. The van der Waals surface area contributed by atoms with Crippen molar-refractivity contribution in [2.24, 2.45) is 28.6 Å². The number of hydrogen-bond donors (Lipinski definition) is 4. The average Bonchev–Trinajstić information content (AvgIpc) is 3.43. The van der Waals surface area contributed by atoms with Crippen LogP contribution in [0.5, 0.6) is 0 Å². The zero-order valence-corrected chi connectivity index (χ0v) is 21.1. The van der Waals surface area contributed by atoms with E-state index in [1.165, 1.54) is 6.33 Å². The molecule has 190 valence electrons. The molecular formula is C26H30N4O5S. The third-order valence-corrected chi connectivity index (χ3v) is 9.56. The van der Waals surface area contributed by atoms with E-state index in [0.717, 1.165) is 29.6 Å². The van der Waals surface area contributed by atoms with Crippen LogP contribution in [0.25, 0.3) is 11.2 Å². The van der Waals surface area contributed by atoms with Gasteiger partial charge in [-0.05, 0) is 49.7 Å². The summed E-state index contributed by atoms with van der Waals surface area (Å²) >= 11 is 4.91. The zero-order valence-electron chi connectivity index (χ0n) is 20.3. The first-order valence-corrected chi connectivity index (χ1v) is 12.7. The second kappa shape index (κ2) is 8.64. The molecule has 0 aliphatic heterocycles. The number of carbonyl (C=O) groups excluding carboxylic acids is 3. The Morgan fingerprint density at radius 1 is 1.19 bits per heavy atom. The second-order valence-corrected chi connectivity index (χ2v) is 11.2. The lowest BCUT2D eigenvalue weighted by Crippen LogP contribution is -2.60. The predicted octanol–water partition coefficient (Wildman–Crippen LogP) is 2.78. The number of allylic oxidation sites excluding steroid dienone is 4. The number of imidazole rings is 1. The minimum Gasteiger partial charge on any atom is -0.388 e. The highest BCUT2D eigenvalue weighted by Crippen LogP contribution is 2.66. The van der Waals surface area contributed by atoms with Gasteiger partial charge in [-0.25, -0.2) is 9.97 Å². The number of carbonyl (C=O) groups is 3. The molecule has 6 rings (SSSR count). The summed E-state index contributed by atoms with van der Waals surface area (Å²) in [5.74, 6) is -0.590. The molecule has 4 aliphatic rings. The van der Waals surface area contributed by atoms with Crippen molar-refractivity contribution < 1.29 is 24.6 Å². The highest BCUT2D eigenvalue weighted by Gasteiger charge is 2.68. The fourth-order valence-corrected chi connectivity index (χ4v) is 7.61. The maximum absolute atomic E-state index is 13.3. The molecular weight excluding hydrogens is 480 g/mol. The molecule has 2 aromatic rings. The van der Waals surface area contributed by atoms with Gasteiger partial charge in [0.25, 0.3) is 0 Å². The number of aliphatic hydroxyl groups excluding tert-OH is 1. The number of aromatic nitrogens is 4. The van der Waals surface area contributed by atoms with Gasteiger partial charge in [-0.3, -0.25) is 14.4 Å². The molecule has 0 bridgehead atoms. The average molecular weight is 511 g/mol. The quantitative estimate of drug-likeness (QED) is 0.451. The second-order valence-electron chi connectivity index (χ2n) is 10.8. The van der Waals surface area contributed by atoms with Crippen molar-refractivity contribution in [3.8, 4) is 0 Å². The molecule has 4 N–H and O–H groups in total. The van der Waals surface area contributed by atoms with Gasteiger partial charge in [0.15, 0.2) is 21.9 Å². The highest BCUT2D eigenvalue weighted by atomic mass is 32.1. The topological polar surface area (TPSA) is 149 Å². The lowest BCUT2D eigenvalue weighted by molar-refractivity contribution is -0.168. The molecule has 36 heavy (non-hydrogen) atoms. The molecule has 2 heterocycles. The molecule has 3 fully saturated rings. The lowest BCUT2D eigenvalue weighted by Gasteiger charge is -2.56. The Bertz CT molecular complexity index is 1380. The van der Waals surface area contributed by atoms with Crippen LogP contribution >= 0.6 is 12.2 Å². The van der Waals surface area contributed by atoms with Crippen LogP contribution in [-0.4, -0.2) is 59.7 Å². The molecule has 3 saturated carbocycles. The Kier molecular flexibility index (Phi) is 5.96. The summed E-state index contributed by atoms with van der Waals surface area (Å²) in [6, 6.07) is 0. The van der Waals surface area contributed by atoms with Gasteiger partial charge in [0, 0.05) is 23.2 Å². The third kappa shape index (κ3) is 3.49. The fraction of sp³-hybridized carbons (Fsp3) is 0.538. The Balaban J connectivity index is 0.000000222.